The van der Waals surface area contributed by atoms with Gasteiger partial charge in [-0.05, 0) is 81.0 Å². The van der Waals surface area contributed by atoms with Gasteiger partial charge in [-0.25, -0.2) is 4.98 Å². The van der Waals surface area contributed by atoms with Crippen molar-refractivity contribution in [2.45, 2.75) is 128 Å². The van der Waals surface area contributed by atoms with Crippen LogP contribution in [-0.4, -0.2) is 86.4 Å². The summed E-state index contributed by atoms with van der Waals surface area (Å²) in [7, 11) is 0. The van der Waals surface area contributed by atoms with E-state index in [1.54, 1.807) is 4.90 Å². The summed E-state index contributed by atoms with van der Waals surface area (Å²) in [5.41, 5.74) is -2.20. The highest BCUT2D eigenvalue weighted by Gasteiger charge is 2.72. The first-order valence-electron chi connectivity index (χ1n) is 18.2. The molecule has 2 aliphatic heterocycles. The molecule has 1 spiro atoms. The van der Waals surface area contributed by atoms with Crippen LogP contribution in [-0.2, 0) is 24.0 Å². The van der Waals surface area contributed by atoms with Crippen LogP contribution >= 0.6 is 0 Å². The molecule has 2 bridgehead atoms. The van der Waals surface area contributed by atoms with E-state index < -0.39 is 63.9 Å². The van der Waals surface area contributed by atoms with Crippen LogP contribution in [0.4, 0.5) is 0 Å². The average molecular weight is 676 g/mol. The Balaban J connectivity index is 1.12. The van der Waals surface area contributed by atoms with Crippen LogP contribution in [0, 0.1) is 28.6 Å². The second-order valence-corrected chi connectivity index (χ2v) is 16.7. The predicted molar refractivity (Wildman–Crippen MR) is 176 cm³/mol. The zero-order valence-electron chi connectivity index (χ0n) is 28.8. The fraction of sp³-hybridized carbons (Fsp3) is 0.722. The molecule has 0 aromatic carbocycles. The molecule has 1 aromatic rings. The molecule has 5 amide bonds. The molecule has 7 rings (SSSR count). The molecular weight excluding hydrogens is 626 g/mol. The van der Waals surface area contributed by atoms with Crippen molar-refractivity contribution in [2.24, 2.45) is 28.6 Å². The minimum atomic E-state index is -1.19. The molecule has 1 aromatic heterocycles. The average Bonchev–Trinajstić information content (AvgIpc) is 3.90. The summed E-state index contributed by atoms with van der Waals surface area (Å²) in [6.45, 7) is 6.04. The smallest absolute Gasteiger partial charge is 0.289 e. The third-order valence-corrected chi connectivity index (χ3v) is 12.3. The monoisotopic (exact) mass is 675 g/mol. The van der Waals surface area contributed by atoms with E-state index in [9.17, 15) is 28.8 Å². The van der Waals surface area contributed by atoms with Crippen molar-refractivity contribution >= 4 is 35.3 Å². The van der Waals surface area contributed by atoms with E-state index in [0.717, 1.165) is 64.2 Å². The Labute approximate surface area is 286 Å². The molecule has 264 valence electrons. The highest BCUT2D eigenvalue weighted by molar-refractivity contribution is 6.38. The lowest BCUT2D eigenvalue weighted by atomic mass is 9.81. The highest BCUT2D eigenvalue weighted by Crippen LogP contribution is 2.64. The highest BCUT2D eigenvalue weighted by atomic mass is 16.2. The number of nitrogens with zero attached hydrogens (tertiary/aromatic N) is 3. The van der Waals surface area contributed by atoms with Crippen LogP contribution in [0.25, 0.3) is 0 Å². The maximum Gasteiger partial charge on any atom is 0.289 e. The van der Waals surface area contributed by atoms with Crippen LogP contribution < -0.4 is 21.3 Å². The normalized spacial score (nSPS) is 32.2. The number of hydrogen-bond acceptors (Lipinski definition) is 8. The maximum absolute atomic E-state index is 14.7. The van der Waals surface area contributed by atoms with Gasteiger partial charge >= 0.3 is 0 Å². The molecule has 6 fully saturated rings. The van der Waals surface area contributed by atoms with E-state index in [0.29, 0.717) is 25.3 Å². The zero-order chi connectivity index (χ0) is 34.7. The minimum absolute atomic E-state index is 0.0239. The van der Waals surface area contributed by atoms with Crippen molar-refractivity contribution in [3.63, 3.8) is 0 Å². The number of carbonyl (C=O) groups is 6. The molecule has 7 atom stereocenters. The summed E-state index contributed by atoms with van der Waals surface area (Å²) in [6.07, 6.45) is 13.8. The van der Waals surface area contributed by atoms with Crippen LogP contribution in [0.2, 0.25) is 0 Å². The molecule has 4 N–H and O–H groups in total. The van der Waals surface area contributed by atoms with Gasteiger partial charge in [0.1, 0.15) is 23.3 Å². The van der Waals surface area contributed by atoms with E-state index in [2.05, 4.69) is 31.2 Å². The largest absolute Gasteiger partial charge is 0.347 e. The SMILES string of the molecule is CC(C)(C)[C@H](NC(=O)C1(NC(=O)c2cnccn2)CC12CCCCC2)C(=O)N1C[C@@H]2CC3CC[C@@H](C(=O)C(=O)NC4CC4)NC(=O)[C@@H]1[C@H]2C3. The van der Waals surface area contributed by atoms with E-state index in [-0.39, 0.29) is 29.5 Å². The van der Waals surface area contributed by atoms with Crippen molar-refractivity contribution in [3.8, 4) is 0 Å². The van der Waals surface area contributed by atoms with Crippen molar-refractivity contribution in [1.82, 2.24) is 36.1 Å². The summed E-state index contributed by atoms with van der Waals surface area (Å²) in [6, 6.07) is -2.71. The Hall–Kier alpha value is -3.90. The number of aromatic nitrogens is 2. The molecule has 0 radical (unpaired) electrons. The number of amides is 5. The van der Waals surface area contributed by atoms with E-state index in [1.165, 1.54) is 18.6 Å². The lowest BCUT2D eigenvalue weighted by Gasteiger charge is -2.38. The second kappa shape index (κ2) is 12.5. The first kappa shape index (κ1) is 33.6. The molecule has 4 saturated carbocycles. The van der Waals surface area contributed by atoms with Gasteiger partial charge in [-0.1, -0.05) is 40.0 Å². The molecule has 4 aliphatic carbocycles. The Morgan fingerprint density at radius 2 is 1.76 bits per heavy atom. The molecule has 3 heterocycles. The van der Waals surface area contributed by atoms with Crippen LogP contribution in [0.15, 0.2) is 18.6 Å². The second-order valence-electron chi connectivity index (χ2n) is 16.7. The van der Waals surface area contributed by atoms with Crippen LogP contribution in [0.1, 0.15) is 108 Å². The number of Topliss-reactive ketones (excluding diaryl/α,β-unsaturated/α-hetero) is 1. The number of ketones is 1. The van der Waals surface area contributed by atoms with Gasteiger partial charge in [-0.15, -0.1) is 0 Å². The van der Waals surface area contributed by atoms with Gasteiger partial charge in [0, 0.05) is 30.4 Å². The fourth-order valence-electron chi connectivity index (χ4n) is 9.43. The number of hydrogen-bond donors (Lipinski definition) is 4. The topological polar surface area (TPSA) is 180 Å². The fourth-order valence-corrected chi connectivity index (χ4v) is 9.43. The van der Waals surface area contributed by atoms with Gasteiger partial charge in [0.15, 0.2) is 0 Å². The van der Waals surface area contributed by atoms with Crippen molar-refractivity contribution in [3.05, 3.63) is 24.3 Å². The molecular formula is C36H49N7O6. The molecule has 13 heteroatoms. The Morgan fingerprint density at radius 3 is 2.43 bits per heavy atom. The Kier molecular flexibility index (Phi) is 8.54. The lowest BCUT2D eigenvalue weighted by Crippen LogP contribution is -2.63. The summed E-state index contributed by atoms with van der Waals surface area (Å²) in [5.74, 6) is -2.58. The van der Waals surface area contributed by atoms with E-state index in [4.69, 9.17) is 0 Å². The van der Waals surface area contributed by atoms with Gasteiger partial charge in [-0.2, -0.15) is 0 Å². The third kappa shape index (κ3) is 6.22. The summed E-state index contributed by atoms with van der Waals surface area (Å²) in [5, 5.41) is 11.7. The van der Waals surface area contributed by atoms with Crippen molar-refractivity contribution < 1.29 is 28.8 Å². The van der Waals surface area contributed by atoms with Gasteiger partial charge < -0.3 is 26.2 Å². The van der Waals surface area contributed by atoms with Crippen LogP contribution in [0.3, 0.4) is 0 Å². The quantitative estimate of drug-likeness (QED) is 0.301. The molecule has 49 heavy (non-hydrogen) atoms. The third-order valence-electron chi connectivity index (χ3n) is 12.3. The standard InChI is InChI=1S/C36H49N7O6/c1-34(2,3)28(41-33(49)36(19-35(36)11-5-4-6-12-35)42-29(45)25-17-37-13-14-38-25)32(48)43-18-21-15-20-7-10-24(27(44)31(47)39-22-8-9-22)40-30(46)26(43)23(21)16-20/h13-14,17,20-24,26,28H,4-12,15-16,18-19H2,1-3H3,(H,39,47)(H,40,46)(H,41,49)(H,42,45)/t20?,21-,23-,24-,26-,28+,36?/m0/s1. The van der Waals surface area contributed by atoms with Crippen LogP contribution in [0.5, 0.6) is 0 Å². The maximum atomic E-state index is 14.7. The van der Waals surface area contributed by atoms with Gasteiger partial charge in [-0.3, -0.25) is 33.8 Å². The number of nitrogens with one attached hydrogen (secondary N) is 4. The molecule has 2 saturated heterocycles. The van der Waals surface area contributed by atoms with Gasteiger partial charge in [0.05, 0.1) is 12.2 Å². The first-order chi connectivity index (χ1) is 23.3. The number of likely N-dealkylation sites (tertiary alicyclic amines) is 1. The summed E-state index contributed by atoms with van der Waals surface area (Å²) >= 11 is 0. The predicted octanol–water partition coefficient (Wildman–Crippen LogP) is 1.81. The number of carbonyl (C=O) groups excluding carboxylic acids is 6. The minimum Gasteiger partial charge on any atom is -0.347 e. The van der Waals surface area contributed by atoms with E-state index >= 15 is 0 Å². The lowest BCUT2D eigenvalue weighted by molar-refractivity contribution is -0.146. The molecule has 2 unspecified atom stereocenters. The van der Waals surface area contributed by atoms with Crippen molar-refractivity contribution in [2.75, 3.05) is 6.54 Å². The number of rotatable bonds is 8. The zero-order valence-corrected chi connectivity index (χ0v) is 28.8. The molecule has 13 nitrogen and oxygen atoms in total. The van der Waals surface area contributed by atoms with E-state index in [1.807, 2.05) is 20.8 Å². The Bertz CT molecular complexity index is 1530. The Morgan fingerprint density at radius 1 is 1.00 bits per heavy atom. The number of fused-ring (bicyclic) bond motifs is 1. The summed E-state index contributed by atoms with van der Waals surface area (Å²) < 4.78 is 0. The van der Waals surface area contributed by atoms with Gasteiger partial charge in [0.25, 0.3) is 11.8 Å². The van der Waals surface area contributed by atoms with Crippen molar-refractivity contribution in [1.29, 1.82) is 0 Å². The first-order valence-corrected chi connectivity index (χ1v) is 18.2. The molecule has 6 aliphatic rings. The van der Waals surface area contributed by atoms with Gasteiger partial charge in [0.2, 0.25) is 23.5 Å². The summed E-state index contributed by atoms with van der Waals surface area (Å²) in [4.78, 5) is 92.2.